The molecular weight excluding hydrogens is 500 g/mol. The van der Waals surface area contributed by atoms with E-state index in [1.807, 2.05) is 47.8 Å². The number of thiazole rings is 1. The number of benzene rings is 4. The minimum atomic E-state index is -0.446. The molecule has 2 heterocycles. The fourth-order valence-corrected chi connectivity index (χ4v) is 5.26. The highest BCUT2D eigenvalue weighted by atomic mass is 32.1. The second-order valence-corrected chi connectivity index (χ2v) is 9.46. The van der Waals surface area contributed by atoms with E-state index in [-0.39, 0.29) is 12.5 Å². The van der Waals surface area contributed by atoms with E-state index in [0.29, 0.717) is 28.4 Å². The molecule has 0 amide bonds. The van der Waals surface area contributed by atoms with E-state index < -0.39 is 4.92 Å². The second kappa shape index (κ2) is 10.3. The summed E-state index contributed by atoms with van der Waals surface area (Å²) in [4.78, 5) is 16.9. The van der Waals surface area contributed by atoms with Gasteiger partial charge in [0.15, 0.2) is 11.5 Å². The van der Waals surface area contributed by atoms with E-state index in [1.54, 1.807) is 10.7 Å². The van der Waals surface area contributed by atoms with Crippen LogP contribution < -0.4 is 14.3 Å². The Balaban J connectivity index is 1.45. The first-order chi connectivity index (χ1) is 18.7. The van der Waals surface area contributed by atoms with E-state index in [4.69, 9.17) is 19.6 Å². The normalized spacial score (nSPS) is 13.0. The predicted octanol–water partition coefficient (Wildman–Crippen LogP) is 6.03. The number of aromatic nitrogens is 1. The Hall–Kier alpha value is -4.76. The Labute approximate surface area is 221 Å². The highest BCUT2D eigenvalue weighted by Crippen LogP contribution is 2.37. The van der Waals surface area contributed by atoms with Gasteiger partial charge in [0.05, 0.1) is 28.5 Å². The number of hydrogen-bond acceptors (Lipinski definition) is 7. The zero-order valence-corrected chi connectivity index (χ0v) is 21.0. The molecule has 38 heavy (non-hydrogen) atoms. The summed E-state index contributed by atoms with van der Waals surface area (Å²) in [7, 11) is 0. The van der Waals surface area contributed by atoms with Crippen LogP contribution in [-0.2, 0) is 6.42 Å². The fourth-order valence-electron chi connectivity index (χ4n) is 4.41. The molecule has 4 aromatic carbocycles. The fraction of sp³-hybridized carbons (Fsp3) is 0.103. The number of nitro benzene ring substituents is 1. The molecule has 0 saturated carbocycles. The molecule has 0 saturated heterocycles. The van der Waals surface area contributed by atoms with Crippen molar-refractivity contribution in [3.8, 4) is 22.8 Å². The highest BCUT2D eigenvalue weighted by molar-refractivity contribution is 7.07. The van der Waals surface area contributed by atoms with E-state index in [0.717, 1.165) is 28.5 Å². The Kier molecular flexibility index (Phi) is 6.41. The minimum absolute atomic E-state index is 0.0298. The zero-order chi connectivity index (χ0) is 25.9. The lowest BCUT2D eigenvalue weighted by atomic mass is 10.0. The lowest BCUT2D eigenvalue weighted by Gasteiger charge is -2.08. The number of nitrogens with zero attached hydrogens (tertiary/aromatic N) is 4. The molecule has 0 aliphatic carbocycles. The summed E-state index contributed by atoms with van der Waals surface area (Å²) in [6, 6.07) is 27.4. The quantitative estimate of drug-likeness (QED) is 0.148. The van der Waals surface area contributed by atoms with Crippen LogP contribution in [0.4, 0.5) is 5.69 Å². The van der Waals surface area contributed by atoms with Crippen LogP contribution in [0.3, 0.4) is 0 Å². The Bertz CT molecular complexity index is 1740. The van der Waals surface area contributed by atoms with Crippen LogP contribution in [0, 0.1) is 10.1 Å². The van der Waals surface area contributed by atoms with Gasteiger partial charge >= 0.3 is 0 Å². The topological polar surface area (TPSA) is 91.2 Å². The van der Waals surface area contributed by atoms with Gasteiger partial charge in [-0.25, -0.2) is 4.68 Å². The number of hydrogen-bond donors (Lipinski definition) is 0. The summed E-state index contributed by atoms with van der Waals surface area (Å²) >= 11 is 1.48. The van der Waals surface area contributed by atoms with Crippen molar-refractivity contribution in [1.82, 2.24) is 4.68 Å². The Morgan fingerprint density at radius 3 is 2.58 bits per heavy atom. The van der Waals surface area contributed by atoms with Crippen molar-refractivity contribution < 1.29 is 14.4 Å². The van der Waals surface area contributed by atoms with Gasteiger partial charge in [0.25, 0.3) is 5.69 Å². The third-order valence-corrected chi connectivity index (χ3v) is 7.13. The molecule has 6 rings (SSSR count). The summed E-state index contributed by atoms with van der Waals surface area (Å²) in [6.07, 6.45) is 2.28. The van der Waals surface area contributed by atoms with Crippen molar-refractivity contribution in [2.24, 2.45) is 10.1 Å². The van der Waals surface area contributed by atoms with Crippen molar-refractivity contribution in [2.75, 3.05) is 13.3 Å². The average molecular weight is 523 g/mol. The molecule has 0 fully saturated rings. The molecule has 5 aromatic rings. The standard InChI is InChI=1S/C29H22N4O4S/c34-33(35)25-16-28-27(36-19-37-28)15-22(25)17-31-32-26(24-12-6-10-21-9-4-5-11-23(21)24)18-38-29(32)30-14-13-20-7-2-1-3-8-20/h1-12,15-18H,13-14,19H2. The summed E-state index contributed by atoms with van der Waals surface area (Å²) in [5, 5.41) is 20.7. The molecule has 0 atom stereocenters. The monoisotopic (exact) mass is 522 g/mol. The van der Waals surface area contributed by atoms with Crippen LogP contribution >= 0.6 is 11.3 Å². The van der Waals surface area contributed by atoms with E-state index >= 15 is 0 Å². The molecule has 0 radical (unpaired) electrons. The molecule has 8 nitrogen and oxygen atoms in total. The number of ether oxygens (including phenoxy) is 2. The van der Waals surface area contributed by atoms with Crippen molar-refractivity contribution in [2.45, 2.75) is 6.42 Å². The SMILES string of the molecule is O=[N+]([O-])c1cc2c(cc1C=Nn1c(-c3cccc4ccccc34)csc1=NCCc1ccccc1)OCO2. The number of fused-ring (bicyclic) bond motifs is 2. The summed E-state index contributed by atoms with van der Waals surface area (Å²) in [5.41, 5.74) is 3.26. The van der Waals surface area contributed by atoms with Crippen LogP contribution in [0.15, 0.2) is 100 Å². The third-order valence-electron chi connectivity index (χ3n) is 6.27. The average Bonchev–Trinajstić information content (AvgIpc) is 3.58. The van der Waals surface area contributed by atoms with Gasteiger partial charge in [0, 0.05) is 17.5 Å². The van der Waals surface area contributed by atoms with E-state index in [1.165, 1.54) is 29.2 Å². The molecule has 188 valence electrons. The van der Waals surface area contributed by atoms with Gasteiger partial charge in [-0.15, -0.1) is 11.3 Å². The Morgan fingerprint density at radius 1 is 0.974 bits per heavy atom. The van der Waals surface area contributed by atoms with E-state index in [9.17, 15) is 10.1 Å². The maximum atomic E-state index is 11.8. The van der Waals surface area contributed by atoms with Crippen molar-refractivity contribution in [3.05, 3.63) is 116 Å². The Morgan fingerprint density at radius 2 is 1.74 bits per heavy atom. The molecule has 0 spiro atoms. The molecule has 0 bridgehead atoms. The first kappa shape index (κ1) is 23.6. The minimum Gasteiger partial charge on any atom is -0.454 e. The molecule has 1 aromatic heterocycles. The van der Waals surface area contributed by atoms with Crippen molar-refractivity contribution in [1.29, 1.82) is 0 Å². The predicted molar refractivity (Wildman–Crippen MR) is 148 cm³/mol. The largest absolute Gasteiger partial charge is 0.454 e. The molecule has 9 heteroatoms. The maximum absolute atomic E-state index is 11.8. The van der Waals surface area contributed by atoms with Gasteiger partial charge in [-0.3, -0.25) is 15.1 Å². The second-order valence-electron chi connectivity index (χ2n) is 8.63. The van der Waals surface area contributed by atoms with Gasteiger partial charge in [0.1, 0.15) is 0 Å². The molecule has 1 aliphatic rings. The van der Waals surface area contributed by atoms with Gasteiger partial charge in [-0.1, -0.05) is 72.8 Å². The van der Waals surface area contributed by atoms with Crippen LogP contribution in [-0.4, -0.2) is 29.2 Å². The number of rotatable bonds is 7. The lowest BCUT2D eigenvalue weighted by molar-refractivity contribution is -0.385. The number of nitro groups is 1. The van der Waals surface area contributed by atoms with Crippen molar-refractivity contribution in [3.63, 3.8) is 0 Å². The van der Waals surface area contributed by atoms with Gasteiger partial charge in [-0.2, -0.15) is 5.10 Å². The smallest absolute Gasteiger partial charge is 0.282 e. The van der Waals surface area contributed by atoms with Crippen LogP contribution in [0.5, 0.6) is 11.5 Å². The first-order valence-corrected chi connectivity index (χ1v) is 12.9. The maximum Gasteiger partial charge on any atom is 0.282 e. The first-order valence-electron chi connectivity index (χ1n) is 12.0. The molecule has 0 N–H and O–H groups in total. The molecular formula is C29H22N4O4S. The van der Waals surface area contributed by atoms with Crippen molar-refractivity contribution >= 4 is 34.0 Å². The summed E-state index contributed by atoms with van der Waals surface area (Å²) in [6.45, 7) is 0.612. The summed E-state index contributed by atoms with van der Waals surface area (Å²) in [5.74, 6) is 0.805. The van der Waals surface area contributed by atoms with Crippen LogP contribution in [0.2, 0.25) is 0 Å². The van der Waals surface area contributed by atoms with Gasteiger partial charge in [-0.05, 0) is 28.8 Å². The van der Waals surface area contributed by atoms with E-state index in [2.05, 4.69) is 30.3 Å². The van der Waals surface area contributed by atoms with Gasteiger partial charge < -0.3 is 9.47 Å². The molecule has 1 aliphatic heterocycles. The zero-order valence-electron chi connectivity index (χ0n) is 20.2. The lowest BCUT2D eigenvalue weighted by Crippen LogP contribution is -2.13. The third kappa shape index (κ3) is 4.67. The van der Waals surface area contributed by atoms with Gasteiger partial charge in [0.2, 0.25) is 11.6 Å². The van der Waals surface area contributed by atoms with Crippen LogP contribution in [0.1, 0.15) is 11.1 Å². The molecule has 0 unspecified atom stereocenters. The highest BCUT2D eigenvalue weighted by Gasteiger charge is 2.22. The van der Waals surface area contributed by atoms with Crippen LogP contribution in [0.25, 0.3) is 22.0 Å². The summed E-state index contributed by atoms with van der Waals surface area (Å²) < 4.78 is 12.5.